The van der Waals surface area contributed by atoms with Crippen molar-refractivity contribution in [1.29, 1.82) is 0 Å². The lowest BCUT2D eigenvalue weighted by Gasteiger charge is -2.18. The molecule has 0 bridgehead atoms. The van der Waals surface area contributed by atoms with E-state index in [1.807, 2.05) is 0 Å². The molecular weight excluding hydrogens is 853 g/mol. The van der Waals surface area contributed by atoms with E-state index in [1.54, 1.807) is 0 Å². The summed E-state index contributed by atoms with van der Waals surface area (Å²) in [5.74, 6) is -0.882. The molecule has 1 atom stereocenters. The van der Waals surface area contributed by atoms with Crippen LogP contribution in [0.15, 0.2) is 48.6 Å². The summed E-state index contributed by atoms with van der Waals surface area (Å²) in [4.78, 5) is 38.2. The summed E-state index contributed by atoms with van der Waals surface area (Å²) in [5, 5.41) is 0. The van der Waals surface area contributed by atoms with Crippen molar-refractivity contribution in [3.05, 3.63) is 48.6 Å². The molecule has 0 aliphatic rings. The fourth-order valence-electron chi connectivity index (χ4n) is 8.74. The predicted octanol–water partition coefficient (Wildman–Crippen LogP) is 20.2. The lowest BCUT2D eigenvalue weighted by atomic mass is 10.0. The molecule has 0 amide bonds. The van der Waals surface area contributed by atoms with Crippen LogP contribution in [0, 0.1) is 0 Å². The number of carbonyl (C=O) groups is 3. The Morgan fingerprint density at radius 1 is 0.290 bits per heavy atom. The number of hydrogen-bond donors (Lipinski definition) is 0. The van der Waals surface area contributed by atoms with Crippen LogP contribution >= 0.6 is 0 Å². The van der Waals surface area contributed by atoms with Crippen LogP contribution in [0.4, 0.5) is 0 Å². The summed E-state index contributed by atoms with van der Waals surface area (Å²) < 4.78 is 16.9. The molecule has 0 fully saturated rings. The molecule has 0 aliphatic carbocycles. The van der Waals surface area contributed by atoms with E-state index in [0.717, 1.165) is 83.5 Å². The second-order valence-electron chi connectivity index (χ2n) is 20.3. The van der Waals surface area contributed by atoms with Crippen molar-refractivity contribution in [3.8, 4) is 0 Å². The van der Waals surface area contributed by atoms with Gasteiger partial charge in [0, 0.05) is 19.3 Å². The molecule has 0 aliphatic heterocycles. The van der Waals surface area contributed by atoms with E-state index in [4.69, 9.17) is 14.2 Å². The first-order valence-corrected chi connectivity index (χ1v) is 30.1. The van der Waals surface area contributed by atoms with E-state index in [2.05, 4.69) is 69.4 Å². The molecule has 6 heteroatoms. The summed E-state index contributed by atoms with van der Waals surface area (Å²) in [7, 11) is 0. The van der Waals surface area contributed by atoms with Gasteiger partial charge in [-0.25, -0.2) is 0 Å². The van der Waals surface area contributed by atoms with Crippen molar-refractivity contribution in [2.75, 3.05) is 13.2 Å². The maximum atomic E-state index is 12.9. The van der Waals surface area contributed by atoms with Crippen LogP contribution in [0.3, 0.4) is 0 Å². The quantitative estimate of drug-likeness (QED) is 0.0262. The zero-order valence-electron chi connectivity index (χ0n) is 46.1. The smallest absolute Gasteiger partial charge is 0.306 e. The van der Waals surface area contributed by atoms with E-state index in [-0.39, 0.29) is 31.1 Å². The molecule has 0 radical (unpaired) electrons. The lowest BCUT2D eigenvalue weighted by molar-refractivity contribution is -0.167. The Balaban J connectivity index is 4.35. The van der Waals surface area contributed by atoms with Gasteiger partial charge in [0.15, 0.2) is 6.10 Å². The van der Waals surface area contributed by atoms with Gasteiger partial charge in [0.25, 0.3) is 0 Å². The van der Waals surface area contributed by atoms with Gasteiger partial charge < -0.3 is 14.2 Å². The Morgan fingerprint density at radius 2 is 0.522 bits per heavy atom. The number of allylic oxidation sites excluding steroid dienone is 8. The van der Waals surface area contributed by atoms with Gasteiger partial charge in [0.2, 0.25) is 0 Å². The van der Waals surface area contributed by atoms with E-state index < -0.39 is 6.10 Å². The Hall–Kier alpha value is -2.63. The first kappa shape index (κ1) is 66.4. The van der Waals surface area contributed by atoms with Crippen molar-refractivity contribution in [3.63, 3.8) is 0 Å². The minimum atomic E-state index is -0.780. The topological polar surface area (TPSA) is 78.9 Å². The monoisotopic (exact) mass is 967 g/mol. The molecule has 0 spiro atoms. The highest BCUT2D eigenvalue weighted by molar-refractivity contribution is 5.71. The van der Waals surface area contributed by atoms with Crippen molar-refractivity contribution in [2.45, 2.75) is 322 Å². The number of hydrogen-bond acceptors (Lipinski definition) is 6. The highest BCUT2D eigenvalue weighted by atomic mass is 16.6. The first-order valence-electron chi connectivity index (χ1n) is 30.1. The molecule has 0 aromatic rings. The first-order chi connectivity index (χ1) is 34.0. The van der Waals surface area contributed by atoms with Crippen molar-refractivity contribution >= 4 is 17.9 Å². The molecule has 6 nitrogen and oxygen atoms in total. The Bertz CT molecular complexity index is 1200. The number of rotatable bonds is 55. The van der Waals surface area contributed by atoms with Crippen molar-refractivity contribution in [2.24, 2.45) is 0 Å². The minimum Gasteiger partial charge on any atom is -0.462 e. The summed E-state index contributed by atoms with van der Waals surface area (Å²) in [6, 6.07) is 0. The second-order valence-corrected chi connectivity index (χ2v) is 20.3. The highest BCUT2D eigenvalue weighted by Gasteiger charge is 2.19. The number of carbonyl (C=O) groups excluding carboxylic acids is 3. The molecule has 0 saturated carbocycles. The molecule has 0 heterocycles. The fourth-order valence-corrected chi connectivity index (χ4v) is 8.74. The molecule has 0 saturated heterocycles. The van der Waals surface area contributed by atoms with Gasteiger partial charge in [-0.2, -0.15) is 0 Å². The van der Waals surface area contributed by atoms with Crippen LogP contribution in [0.1, 0.15) is 316 Å². The van der Waals surface area contributed by atoms with Crippen LogP contribution in [0.2, 0.25) is 0 Å². The third-order valence-electron chi connectivity index (χ3n) is 13.3. The number of unbranched alkanes of at least 4 members (excludes halogenated alkanes) is 36. The van der Waals surface area contributed by atoms with Crippen LogP contribution in [-0.4, -0.2) is 37.2 Å². The van der Waals surface area contributed by atoms with Crippen molar-refractivity contribution in [1.82, 2.24) is 0 Å². The summed E-state index contributed by atoms with van der Waals surface area (Å²) >= 11 is 0. The Labute approximate surface area is 428 Å². The largest absolute Gasteiger partial charge is 0.462 e. The predicted molar refractivity (Wildman–Crippen MR) is 298 cm³/mol. The molecule has 1 unspecified atom stereocenters. The van der Waals surface area contributed by atoms with E-state index in [0.29, 0.717) is 19.3 Å². The SMILES string of the molecule is CCCCC/C=C\C/C=C\C/C=C\CCCCCCCCC(=O)OCC(COC(=O)CCCCCCC/C=C\CCCCCC)OC(=O)CCCCCCCCCCCCCCCCCCCCC. The molecular formula is C63H114O6. The van der Waals surface area contributed by atoms with E-state index in [1.165, 1.54) is 193 Å². The summed E-state index contributed by atoms with van der Waals surface area (Å²) in [6.07, 6.45) is 71.0. The fraction of sp³-hybridized carbons (Fsp3) is 0.825. The maximum Gasteiger partial charge on any atom is 0.306 e. The van der Waals surface area contributed by atoms with Gasteiger partial charge in [-0.15, -0.1) is 0 Å². The van der Waals surface area contributed by atoms with Crippen molar-refractivity contribution < 1.29 is 28.6 Å². The van der Waals surface area contributed by atoms with Gasteiger partial charge >= 0.3 is 17.9 Å². The van der Waals surface area contributed by atoms with Gasteiger partial charge in [0.1, 0.15) is 13.2 Å². The van der Waals surface area contributed by atoms with E-state index in [9.17, 15) is 14.4 Å². The molecule has 402 valence electrons. The Morgan fingerprint density at radius 3 is 0.870 bits per heavy atom. The number of esters is 3. The minimum absolute atomic E-state index is 0.0788. The number of ether oxygens (including phenoxy) is 3. The Kier molecular flexibility index (Phi) is 55.7. The third-order valence-corrected chi connectivity index (χ3v) is 13.3. The van der Waals surface area contributed by atoms with Crippen LogP contribution in [0.5, 0.6) is 0 Å². The van der Waals surface area contributed by atoms with Gasteiger partial charge in [-0.05, 0) is 83.5 Å². The normalized spacial score (nSPS) is 12.3. The van der Waals surface area contributed by atoms with Gasteiger partial charge in [-0.3, -0.25) is 14.4 Å². The maximum absolute atomic E-state index is 12.9. The summed E-state index contributed by atoms with van der Waals surface area (Å²) in [5.41, 5.74) is 0. The second kappa shape index (κ2) is 57.9. The highest BCUT2D eigenvalue weighted by Crippen LogP contribution is 2.17. The zero-order chi connectivity index (χ0) is 50.0. The molecule has 69 heavy (non-hydrogen) atoms. The molecule has 0 rings (SSSR count). The third kappa shape index (κ3) is 56.2. The standard InChI is InChI=1S/C63H114O6/c1-4-7-10-13-16-19-22-25-27-29-31-33-35-38-41-44-47-50-53-56-62(65)68-59-60(58-67-61(64)55-52-49-46-43-40-37-24-21-18-15-12-9-6-3)69-63(66)57-54-51-48-45-42-39-36-34-32-30-28-26-23-20-17-14-11-8-5-2/h16,19,21,24-25,27,31,33,60H,4-15,17-18,20,22-23,26,28-30,32,34-59H2,1-3H3/b19-16-,24-21-,27-25-,33-31-. The van der Waals surface area contributed by atoms with Gasteiger partial charge in [-0.1, -0.05) is 262 Å². The van der Waals surface area contributed by atoms with E-state index >= 15 is 0 Å². The molecule has 0 aromatic heterocycles. The average molecular weight is 968 g/mol. The molecule has 0 N–H and O–H groups in total. The zero-order valence-corrected chi connectivity index (χ0v) is 46.1. The molecule has 0 aromatic carbocycles. The van der Waals surface area contributed by atoms with Crippen LogP contribution in [0.25, 0.3) is 0 Å². The average Bonchev–Trinajstić information content (AvgIpc) is 3.35. The van der Waals surface area contributed by atoms with Crippen LogP contribution < -0.4 is 0 Å². The summed E-state index contributed by atoms with van der Waals surface area (Å²) in [6.45, 7) is 6.62. The lowest BCUT2D eigenvalue weighted by Crippen LogP contribution is -2.30. The van der Waals surface area contributed by atoms with Crippen LogP contribution in [-0.2, 0) is 28.6 Å². The van der Waals surface area contributed by atoms with Gasteiger partial charge in [0.05, 0.1) is 0 Å².